The van der Waals surface area contributed by atoms with Gasteiger partial charge in [-0.25, -0.2) is 9.78 Å². The second-order valence-corrected chi connectivity index (χ2v) is 27.1. The summed E-state index contributed by atoms with van der Waals surface area (Å²) in [6, 6.07) is 1.63. The molecule has 3 aromatic carbocycles. The number of nitrogens with one attached hydrogen (secondary N) is 8. The summed E-state index contributed by atoms with van der Waals surface area (Å²) in [5.74, 6) is -17.8. The van der Waals surface area contributed by atoms with E-state index < -0.39 is 231 Å². The number of hydrogen-bond acceptors (Lipinski definition) is 22. The molecular weight excluding hydrogens is 1440 g/mol. The number of aliphatic hydroxyl groups excluding tert-OH is 4. The molecule has 5 rings (SSSR count). The molecule has 0 unspecified atom stereocenters. The first kappa shape index (κ1) is 89.1. The largest absolute Gasteiger partial charge is 0.508 e. The van der Waals surface area contributed by atoms with Crippen LogP contribution < -0.4 is 43.0 Å². The minimum atomic E-state index is -1.96. The molecule has 110 heavy (non-hydrogen) atoms. The van der Waals surface area contributed by atoms with Crippen molar-refractivity contribution < 1.29 is 113 Å². The molecule has 38 heteroatoms. The van der Waals surface area contributed by atoms with E-state index in [4.69, 9.17) is 10.8 Å². The molecular formula is C72H99N15O23. The van der Waals surface area contributed by atoms with E-state index in [9.17, 15) is 103 Å². The minimum absolute atomic E-state index is 0.0143. The number of aliphatic carboxylic acids is 3. The first-order chi connectivity index (χ1) is 51.9. The van der Waals surface area contributed by atoms with Gasteiger partial charge in [0, 0.05) is 78.7 Å². The van der Waals surface area contributed by atoms with Crippen LogP contribution in [0.5, 0.6) is 5.75 Å². The number of phenols is 1. The topological polar surface area (TPSA) is 573 Å². The maximum absolute atomic E-state index is 15.2. The van der Waals surface area contributed by atoms with E-state index in [0.29, 0.717) is 21.6 Å². The number of aromatic nitrogens is 2. The highest BCUT2D eigenvalue weighted by Crippen LogP contribution is 2.23. The molecule has 18 N–H and O–H groups in total. The number of H-pyrrole nitrogens is 1. The van der Waals surface area contributed by atoms with Gasteiger partial charge in [-0.3, -0.25) is 67.1 Å². The van der Waals surface area contributed by atoms with Crippen molar-refractivity contribution in [3.8, 4) is 5.75 Å². The van der Waals surface area contributed by atoms with Gasteiger partial charge in [0.05, 0.1) is 44.7 Å². The highest BCUT2D eigenvalue weighted by atomic mass is 16.4. The van der Waals surface area contributed by atoms with Crippen LogP contribution in [0.2, 0.25) is 0 Å². The first-order valence-electron chi connectivity index (χ1n) is 35.2. The van der Waals surface area contributed by atoms with Crippen LogP contribution in [-0.4, -0.2) is 303 Å². The number of aromatic amines is 1. The van der Waals surface area contributed by atoms with Gasteiger partial charge in [-0.15, -0.1) is 0 Å². The number of aliphatic hydroxyl groups is 4. The van der Waals surface area contributed by atoms with Gasteiger partial charge in [0.2, 0.25) is 70.9 Å². The number of phenolic OH excluding ortho intramolecular Hbond substituents is 1. The summed E-state index contributed by atoms with van der Waals surface area (Å²) in [7, 11) is 4.57. The fraction of sp³-hybridized carbons (Fsp3) is 0.500. The molecule has 0 bridgehead atoms. The summed E-state index contributed by atoms with van der Waals surface area (Å²) in [6.07, 6.45) is -3.63. The Morgan fingerprint density at radius 3 is 1.59 bits per heavy atom. The summed E-state index contributed by atoms with van der Waals surface area (Å²) in [5, 5.41) is 98.6. The van der Waals surface area contributed by atoms with Crippen molar-refractivity contribution in [2.24, 2.45) is 11.7 Å². The Hall–Kier alpha value is -11.5. The number of carboxylic acid groups (broad SMARTS) is 3. The summed E-state index contributed by atoms with van der Waals surface area (Å²) in [6.45, 7) is 2.37. The molecule has 600 valence electrons. The minimum Gasteiger partial charge on any atom is -0.508 e. The standard InChI is InChI=1S/C72H99N15O23/c1-38(2)59(71(108)87-27-15-20-51(87)63(100)77-46(72(109)110)25-26-56(94)95)81-66(103)60(40(4)91)82-62(99)47(28-43-21-23-45(92)24-22-43)78-61(98)48(31-44-33-74-37-75-44)79-65(102)54(36-89)86(8)68(105)50(35-88)80-64(101)52(29-41-16-11-9-12-17-41)84(6)69(106)53(30-42-18-13-10-14-19-42)85(7)67(104)49(32-57(96)97)76-55(93)34-83(5)70(107)58(73)39(3)90/h9-14,16-19,21-24,33,37-40,46-54,58-60,88-92H,15,20,25-32,34-36,73H2,1-8H3,(H,74,75)(H,76,93)(H,77,100)(H,78,98)(H,79,102)(H,80,101)(H,81,103)(H,82,99)(H,94,95)(H,96,97)(H,109,110)/t39-,40-,46+,47+,48+,49+,50+,51+,52+,53+,54+,58+,59+,60+/m1/s1. The molecule has 14 atom stereocenters. The van der Waals surface area contributed by atoms with Crippen molar-refractivity contribution >= 4 is 88.8 Å². The number of amides is 12. The summed E-state index contributed by atoms with van der Waals surface area (Å²) < 4.78 is 0. The van der Waals surface area contributed by atoms with Crippen LogP contribution in [0.1, 0.15) is 82.2 Å². The summed E-state index contributed by atoms with van der Waals surface area (Å²) >= 11 is 0. The Balaban J connectivity index is 1.40. The van der Waals surface area contributed by atoms with Crippen molar-refractivity contribution in [1.29, 1.82) is 0 Å². The number of aromatic hydroxyl groups is 1. The van der Waals surface area contributed by atoms with Gasteiger partial charge in [-0.05, 0) is 67.9 Å². The highest BCUT2D eigenvalue weighted by molar-refractivity contribution is 6.00. The van der Waals surface area contributed by atoms with Crippen molar-refractivity contribution in [2.45, 2.75) is 170 Å². The number of nitrogens with two attached hydrogens (primary N) is 1. The second-order valence-electron chi connectivity index (χ2n) is 27.1. The van der Waals surface area contributed by atoms with Crippen LogP contribution in [0.25, 0.3) is 0 Å². The fourth-order valence-corrected chi connectivity index (χ4v) is 12.0. The SMILES string of the molecule is CC(C)[C@H](NC(=O)[C@@H](NC(=O)[C@H](Cc1ccc(O)cc1)NC(=O)[C@H](Cc1cnc[nH]1)NC(=O)[C@H](CO)N(C)C(=O)[C@H](CO)NC(=O)[C@H](Cc1ccccc1)N(C)C(=O)[C@H](Cc1ccccc1)N(C)C(=O)[C@H](CC(=O)O)NC(=O)CN(C)C(=O)[C@@H](N)[C@@H](C)O)[C@@H](C)O)C(=O)N1CCC[C@H]1C(=O)N[C@@H](CCC(=O)O)C(=O)O. The lowest BCUT2D eigenvalue weighted by Crippen LogP contribution is -2.63. The number of rotatable bonds is 42. The zero-order valence-electron chi connectivity index (χ0n) is 62.1. The Bertz CT molecular complexity index is 3850. The summed E-state index contributed by atoms with van der Waals surface area (Å²) in [5.41, 5.74) is 7.19. The smallest absolute Gasteiger partial charge is 0.326 e. The van der Waals surface area contributed by atoms with Crippen molar-refractivity contribution in [1.82, 2.24) is 71.7 Å². The fourth-order valence-electron chi connectivity index (χ4n) is 12.0. The van der Waals surface area contributed by atoms with E-state index in [1.54, 1.807) is 74.5 Å². The third-order valence-electron chi connectivity index (χ3n) is 18.4. The number of carbonyl (C=O) groups is 15. The lowest BCUT2D eigenvalue weighted by Gasteiger charge is -2.36. The molecule has 0 saturated carbocycles. The van der Waals surface area contributed by atoms with Crippen LogP contribution in [-0.2, 0) is 97.6 Å². The van der Waals surface area contributed by atoms with Gasteiger partial charge in [-0.2, -0.15) is 0 Å². The third kappa shape index (κ3) is 25.9. The average Bonchev–Trinajstić information content (AvgIpc) is 1.27. The Morgan fingerprint density at radius 2 is 1.06 bits per heavy atom. The van der Waals surface area contributed by atoms with Gasteiger partial charge in [0.15, 0.2) is 0 Å². The van der Waals surface area contributed by atoms with E-state index in [1.165, 1.54) is 57.8 Å². The molecule has 38 nitrogen and oxygen atoms in total. The molecule has 0 aliphatic carbocycles. The highest BCUT2D eigenvalue weighted by Gasteiger charge is 2.44. The van der Waals surface area contributed by atoms with E-state index in [-0.39, 0.29) is 43.7 Å². The number of likely N-dealkylation sites (tertiary alicyclic amines) is 1. The molecule has 0 radical (unpaired) electrons. The molecule has 12 amide bonds. The van der Waals surface area contributed by atoms with Crippen LogP contribution in [0.4, 0.5) is 0 Å². The number of benzene rings is 3. The molecule has 0 spiro atoms. The van der Waals surface area contributed by atoms with Gasteiger partial charge in [0.1, 0.15) is 78.3 Å². The second kappa shape index (κ2) is 42.3. The number of nitrogens with zero attached hydrogens (tertiary/aromatic N) is 6. The maximum atomic E-state index is 15.2. The molecule has 1 aliphatic heterocycles. The predicted octanol–water partition coefficient (Wildman–Crippen LogP) is -5.14. The molecule has 1 fully saturated rings. The van der Waals surface area contributed by atoms with E-state index in [0.717, 1.165) is 40.6 Å². The monoisotopic (exact) mass is 1540 g/mol. The van der Waals surface area contributed by atoms with Crippen molar-refractivity contribution in [2.75, 3.05) is 54.5 Å². The number of carboxylic acids is 3. The van der Waals surface area contributed by atoms with E-state index in [1.807, 2.05) is 0 Å². The third-order valence-corrected chi connectivity index (χ3v) is 18.4. The Morgan fingerprint density at radius 1 is 0.545 bits per heavy atom. The lowest BCUT2D eigenvalue weighted by molar-refractivity contribution is -0.151. The molecule has 2 heterocycles. The molecule has 1 saturated heterocycles. The van der Waals surface area contributed by atoms with Gasteiger partial charge >= 0.3 is 17.9 Å². The normalized spacial score (nSPS) is 16.1. The molecule has 1 aliphatic rings. The van der Waals surface area contributed by atoms with Gasteiger partial charge in [-0.1, -0.05) is 86.6 Å². The molecule has 1 aromatic heterocycles. The first-order valence-corrected chi connectivity index (χ1v) is 35.2. The van der Waals surface area contributed by atoms with Crippen LogP contribution in [0.3, 0.4) is 0 Å². The van der Waals surface area contributed by atoms with Crippen LogP contribution in [0, 0.1) is 5.92 Å². The lowest BCUT2D eigenvalue weighted by atomic mass is 9.99. The zero-order valence-corrected chi connectivity index (χ0v) is 62.1. The molecule has 4 aromatic rings. The number of carbonyl (C=O) groups excluding carboxylic acids is 12. The van der Waals surface area contributed by atoms with Crippen molar-refractivity contribution in [3.63, 3.8) is 0 Å². The maximum Gasteiger partial charge on any atom is 0.326 e. The van der Waals surface area contributed by atoms with Crippen LogP contribution >= 0.6 is 0 Å². The quantitative estimate of drug-likeness (QED) is 0.0197. The average molecular weight is 1540 g/mol. The summed E-state index contributed by atoms with van der Waals surface area (Å²) in [4.78, 5) is 218. The predicted molar refractivity (Wildman–Crippen MR) is 387 cm³/mol. The van der Waals surface area contributed by atoms with E-state index >= 15 is 4.79 Å². The number of hydrogen-bond donors (Lipinski definition) is 17. The van der Waals surface area contributed by atoms with Crippen LogP contribution in [0.15, 0.2) is 97.5 Å². The van der Waals surface area contributed by atoms with Crippen molar-refractivity contribution in [3.05, 3.63) is 120 Å². The van der Waals surface area contributed by atoms with Gasteiger partial charge in [0.25, 0.3) is 0 Å². The zero-order chi connectivity index (χ0) is 82.0. The Labute approximate surface area is 632 Å². The number of likely N-dealkylation sites (N-methyl/N-ethyl adjacent to an activating group) is 4. The number of imidazole rings is 1. The Kier molecular flexibility index (Phi) is 34.3. The van der Waals surface area contributed by atoms with Gasteiger partial charge < -0.3 is 113 Å². The van der Waals surface area contributed by atoms with E-state index in [2.05, 4.69) is 47.2 Å².